The number of thioether (sulfide) groups is 1. The average molecular weight is 294 g/mol. The van der Waals surface area contributed by atoms with Gasteiger partial charge in [0.05, 0.1) is 0 Å². The fourth-order valence-corrected chi connectivity index (χ4v) is 4.18. The first kappa shape index (κ1) is 13.9. The van der Waals surface area contributed by atoms with Gasteiger partial charge in [-0.2, -0.15) is 11.8 Å². The van der Waals surface area contributed by atoms with Gasteiger partial charge in [0, 0.05) is 37.6 Å². The number of H-pyrrole nitrogens is 1. The number of piperidine rings is 1. The molecule has 110 valence electrons. The monoisotopic (exact) mass is 294 g/mol. The third-order valence-electron chi connectivity index (χ3n) is 4.10. The summed E-state index contributed by atoms with van der Waals surface area (Å²) in [7, 11) is 0. The highest BCUT2D eigenvalue weighted by Crippen LogP contribution is 2.20. The second-order valence-corrected chi connectivity index (χ2v) is 6.81. The molecule has 0 aromatic carbocycles. The number of aromatic nitrogens is 2. The number of rotatable bonds is 3. The van der Waals surface area contributed by atoms with Crippen LogP contribution < -0.4 is 15.8 Å². The first-order valence-electron chi connectivity index (χ1n) is 7.45. The zero-order valence-corrected chi connectivity index (χ0v) is 12.5. The van der Waals surface area contributed by atoms with Gasteiger partial charge in [-0.1, -0.05) is 0 Å². The molecule has 0 radical (unpaired) electrons. The van der Waals surface area contributed by atoms with E-state index < -0.39 is 0 Å². The summed E-state index contributed by atoms with van der Waals surface area (Å²) in [6, 6.07) is 1.14. The number of nitrogens with one attached hydrogen (secondary N) is 2. The molecule has 2 saturated heterocycles. The van der Waals surface area contributed by atoms with Gasteiger partial charge in [-0.15, -0.1) is 0 Å². The predicted molar refractivity (Wildman–Crippen MR) is 83.6 cm³/mol. The van der Waals surface area contributed by atoms with Crippen molar-refractivity contribution in [3.8, 4) is 0 Å². The first-order chi connectivity index (χ1) is 9.83. The quantitative estimate of drug-likeness (QED) is 0.878. The Hall–Kier alpha value is -1.01. The summed E-state index contributed by atoms with van der Waals surface area (Å²) in [5.74, 6) is 3.11. The van der Waals surface area contributed by atoms with Gasteiger partial charge in [-0.3, -0.25) is 4.79 Å². The van der Waals surface area contributed by atoms with Crippen molar-refractivity contribution in [2.45, 2.75) is 37.8 Å². The van der Waals surface area contributed by atoms with E-state index in [0.717, 1.165) is 19.5 Å². The number of aromatic amines is 1. The Morgan fingerprint density at radius 2 is 2.15 bits per heavy atom. The van der Waals surface area contributed by atoms with Gasteiger partial charge in [-0.05, 0) is 37.2 Å². The van der Waals surface area contributed by atoms with E-state index in [2.05, 4.69) is 31.9 Å². The van der Waals surface area contributed by atoms with Crippen molar-refractivity contribution in [2.24, 2.45) is 0 Å². The molecule has 2 aliphatic rings. The van der Waals surface area contributed by atoms with Crippen LogP contribution in [0.3, 0.4) is 0 Å². The fraction of sp³-hybridized carbons (Fsp3) is 0.714. The molecule has 3 rings (SSSR count). The summed E-state index contributed by atoms with van der Waals surface area (Å²) >= 11 is 2.05. The minimum atomic E-state index is -0.0813. The molecule has 0 spiro atoms. The van der Waals surface area contributed by atoms with Crippen molar-refractivity contribution < 1.29 is 0 Å². The number of hydrogen-bond acceptors (Lipinski definition) is 5. The van der Waals surface area contributed by atoms with Gasteiger partial charge in [-0.25, -0.2) is 4.98 Å². The highest BCUT2D eigenvalue weighted by atomic mass is 32.2. The summed E-state index contributed by atoms with van der Waals surface area (Å²) in [6.07, 6.45) is 8.11. The standard InChI is InChI=1S/C14H22N4OS/c19-14-13(15-5-6-16-14)18-7-1-2-12(10-18)17-11-3-8-20-9-4-11/h5-6,11-12,17H,1-4,7-10H2,(H,16,19)/t12-/m0/s1. The largest absolute Gasteiger partial charge is 0.350 e. The molecular formula is C14H22N4OS. The van der Waals surface area contributed by atoms with Crippen LogP contribution in [0.5, 0.6) is 0 Å². The summed E-state index contributed by atoms with van der Waals surface area (Å²) in [6.45, 7) is 1.82. The van der Waals surface area contributed by atoms with Gasteiger partial charge < -0.3 is 15.2 Å². The van der Waals surface area contributed by atoms with Crippen molar-refractivity contribution >= 4 is 17.6 Å². The van der Waals surface area contributed by atoms with Gasteiger partial charge in [0.25, 0.3) is 5.56 Å². The molecule has 2 aliphatic heterocycles. The Morgan fingerprint density at radius 3 is 2.95 bits per heavy atom. The summed E-state index contributed by atoms with van der Waals surface area (Å²) in [5.41, 5.74) is -0.0813. The van der Waals surface area contributed by atoms with Crippen molar-refractivity contribution in [1.82, 2.24) is 15.3 Å². The molecule has 0 bridgehead atoms. The Balaban J connectivity index is 1.61. The van der Waals surface area contributed by atoms with Crippen LogP contribution in [0.1, 0.15) is 25.7 Å². The number of nitrogens with zero attached hydrogens (tertiary/aromatic N) is 2. The molecule has 6 heteroatoms. The van der Waals surface area contributed by atoms with Crippen molar-refractivity contribution in [3.05, 3.63) is 22.7 Å². The summed E-state index contributed by atoms with van der Waals surface area (Å²) < 4.78 is 0. The molecule has 2 fully saturated rings. The third-order valence-corrected chi connectivity index (χ3v) is 5.15. The number of hydrogen-bond donors (Lipinski definition) is 2. The van der Waals surface area contributed by atoms with E-state index in [0.29, 0.717) is 17.9 Å². The molecule has 0 aliphatic carbocycles. The van der Waals surface area contributed by atoms with Crippen LogP contribution in [0.2, 0.25) is 0 Å². The highest BCUT2D eigenvalue weighted by molar-refractivity contribution is 7.99. The van der Waals surface area contributed by atoms with Crippen LogP contribution in [-0.2, 0) is 0 Å². The van der Waals surface area contributed by atoms with Gasteiger partial charge in [0.1, 0.15) is 0 Å². The van der Waals surface area contributed by atoms with E-state index in [1.807, 2.05) is 0 Å². The Morgan fingerprint density at radius 1 is 1.30 bits per heavy atom. The van der Waals surface area contributed by atoms with Crippen molar-refractivity contribution in [2.75, 3.05) is 29.5 Å². The molecule has 0 unspecified atom stereocenters. The minimum absolute atomic E-state index is 0.0813. The highest BCUT2D eigenvalue weighted by Gasteiger charge is 2.25. The van der Waals surface area contributed by atoms with Crippen molar-refractivity contribution in [1.29, 1.82) is 0 Å². The Kier molecular flexibility index (Phi) is 4.62. The third kappa shape index (κ3) is 3.35. The van der Waals surface area contributed by atoms with E-state index in [9.17, 15) is 4.79 Å². The average Bonchev–Trinajstić information content (AvgIpc) is 2.49. The Labute approximate surface area is 123 Å². The maximum absolute atomic E-state index is 11.8. The fourth-order valence-electron chi connectivity index (χ4n) is 3.07. The molecule has 1 aromatic rings. The predicted octanol–water partition coefficient (Wildman–Crippen LogP) is 1.22. The van der Waals surface area contributed by atoms with Crippen LogP contribution >= 0.6 is 11.8 Å². The second kappa shape index (κ2) is 6.63. The molecule has 5 nitrogen and oxygen atoms in total. The molecule has 20 heavy (non-hydrogen) atoms. The van der Waals surface area contributed by atoms with Gasteiger partial charge in [0.2, 0.25) is 0 Å². The van der Waals surface area contributed by atoms with Gasteiger partial charge in [0.15, 0.2) is 5.82 Å². The maximum Gasteiger partial charge on any atom is 0.290 e. The molecule has 0 saturated carbocycles. The minimum Gasteiger partial charge on any atom is -0.350 e. The van der Waals surface area contributed by atoms with E-state index in [4.69, 9.17) is 0 Å². The lowest BCUT2D eigenvalue weighted by atomic mass is 10.0. The lowest BCUT2D eigenvalue weighted by molar-refractivity contribution is 0.359. The molecule has 1 aromatic heterocycles. The smallest absolute Gasteiger partial charge is 0.290 e. The zero-order chi connectivity index (χ0) is 13.8. The second-order valence-electron chi connectivity index (χ2n) is 5.58. The van der Waals surface area contributed by atoms with E-state index >= 15 is 0 Å². The molecular weight excluding hydrogens is 272 g/mol. The van der Waals surface area contributed by atoms with Crippen molar-refractivity contribution in [3.63, 3.8) is 0 Å². The normalized spacial score (nSPS) is 24.8. The Bertz CT molecular complexity index is 486. The summed E-state index contributed by atoms with van der Waals surface area (Å²) in [4.78, 5) is 20.9. The molecule has 1 atom stereocenters. The maximum atomic E-state index is 11.8. The van der Waals surface area contributed by atoms with Crippen LogP contribution in [0, 0.1) is 0 Å². The van der Waals surface area contributed by atoms with Crippen LogP contribution in [0.25, 0.3) is 0 Å². The summed E-state index contributed by atoms with van der Waals surface area (Å²) in [5, 5.41) is 3.78. The van der Waals surface area contributed by atoms with Crippen LogP contribution in [0.15, 0.2) is 17.2 Å². The molecule has 0 amide bonds. The van der Waals surface area contributed by atoms with Crippen LogP contribution in [-0.4, -0.2) is 46.6 Å². The zero-order valence-electron chi connectivity index (χ0n) is 11.7. The molecule has 3 heterocycles. The molecule has 2 N–H and O–H groups in total. The van der Waals surface area contributed by atoms with E-state index in [1.165, 1.54) is 30.8 Å². The SMILES string of the molecule is O=c1[nH]ccnc1N1CCC[C@H](NC2CCSCC2)C1. The topological polar surface area (TPSA) is 61.0 Å². The van der Waals surface area contributed by atoms with Crippen LogP contribution in [0.4, 0.5) is 5.82 Å². The lowest BCUT2D eigenvalue weighted by Gasteiger charge is -2.36. The number of anilines is 1. The van der Waals surface area contributed by atoms with E-state index in [-0.39, 0.29) is 5.56 Å². The van der Waals surface area contributed by atoms with E-state index in [1.54, 1.807) is 12.4 Å². The first-order valence-corrected chi connectivity index (χ1v) is 8.61. The van der Waals surface area contributed by atoms with Gasteiger partial charge >= 0.3 is 0 Å². The lowest BCUT2D eigenvalue weighted by Crippen LogP contribution is -2.51.